The Balaban J connectivity index is 1.36. The van der Waals surface area contributed by atoms with Gasteiger partial charge in [-0.1, -0.05) is 18.6 Å². The van der Waals surface area contributed by atoms with Gasteiger partial charge in [-0.25, -0.2) is 0 Å². The molecule has 0 bridgehead atoms. The van der Waals surface area contributed by atoms with E-state index in [9.17, 15) is 0 Å². The highest BCUT2D eigenvalue weighted by atomic mass is 16.5. The van der Waals surface area contributed by atoms with Gasteiger partial charge in [0.05, 0.1) is 18.7 Å². The summed E-state index contributed by atoms with van der Waals surface area (Å²) >= 11 is 0. The lowest BCUT2D eigenvalue weighted by Crippen LogP contribution is -2.55. The van der Waals surface area contributed by atoms with Gasteiger partial charge in [0.1, 0.15) is 0 Å². The van der Waals surface area contributed by atoms with Crippen LogP contribution in [0.4, 0.5) is 0 Å². The second kappa shape index (κ2) is 7.22. The van der Waals surface area contributed by atoms with Gasteiger partial charge in [0.15, 0.2) is 0 Å². The van der Waals surface area contributed by atoms with Crippen molar-refractivity contribution in [2.75, 3.05) is 57.5 Å². The van der Waals surface area contributed by atoms with Gasteiger partial charge in [0, 0.05) is 63.4 Å². The zero-order valence-electron chi connectivity index (χ0n) is 15.6. The molecule has 0 amide bonds. The van der Waals surface area contributed by atoms with Crippen molar-refractivity contribution in [3.8, 4) is 0 Å². The Hall–Kier alpha value is -1.56. The minimum Gasteiger partial charge on any atom is -0.379 e. The van der Waals surface area contributed by atoms with Crippen LogP contribution in [-0.4, -0.2) is 73.0 Å². The van der Waals surface area contributed by atoms with E-state index in [2.05, 4.69) is 43.9 Å². The van der Waals surface area contributed by atoms with E-state index in [0.29, 0.717) is 0 Å². The topological polar surface area (TPSA) is 23.9 Å². The molecule has 1 aromatic carbocycles. The number of aromatic nitrogens is 1. The lowest BCUT2D eigenvalue weighted by molar-refractivity contribution is 0.0343. The standard InChI is InChI=1S/C21H29N4O/c1-2-7-21-20(6-1)18(16-22-12-14-26-15-13-22)17-25(21)24-10-8-23(9-11-24)19-4-3-5-19/h1,6-7,17,19H,3-5,8-16H2. The van der Waals surface area contributed by atoms with E-state index in [4.69, 9.17) is 4.74 Å². The van der Waals surface area contributed by atoms with Gasteiger partial charge in [-0.3, -0.25) is 14.5 Å². The van der Waals surface area contributed by atoms with Crippen molar-refractivity contribution in [2.45, 2.75) is 31.8 Å². The first-order valence-electron chi connectivity index (χ1n) is 10.2. The van der Waals surface area contributed by atoms with E-state index in [1.165, 1.54) is 48.8 Å². The number of hydrogen-bond donors (Lipinski definition) is 0. The van der Waals surface area contributed by atoms with E-state index in [1.807, 2.05) is 6.07 Å². The van der Waals surface area contributed by atoms with Crippen molar-refractivity contribution in [3.63, 3.8) is 0 Å². The van der Waals surface area contributed by atoms with Crippen molar-refractivity contribution in [2.24, 2.45) is 0 Å². The number of nitrogens with zero attached hydrogens (tertiary/aromatic N) is 4. The van der Waals surface area contributed by atoms with Crippen LogP contribution in [0.5, 0.6) is 0 Å². The largest absolute Gasteiger partial charge is 0.379 e. The van der Waals surface area contributed by atoms with Crippen LogP contribution in [0.3, 0.4) is 0 Å². The second-order valence-electron chi connectivity index (χ2n) is 7.91. The average molecular weight is 353 g/mol. The quantitative estimate of drug-likeness (QED) is 0.840. The first-order valence-corrected chi connectivity index (χ1v) is 10.2. The summed E-state index contributed by atoms with van der Waals surface area (Å²) in [7, 11) is 0. The molecule has 3 heterocycles. The zero-order chi connectivity index (χ0) is 17.3. The van der Waals surface area contributed by atoms with Crippen LogP contribution in [0.25, 0.3) is 10.9 Å². The first-order chi connectivity index (χ1) is 12.9. The summed E-state index contributed by atoms with van der Waals surface area (Å²) < 4.78 is 7.91. The van der Waals surface area contributed by atoms with Crippen LogP contribution >= 0.6 is 0 Å². The fourth-order valence-corrected chi connectivity index (χ4v) is 4.57. The SMILES string of the molecule is [c]1ccc2c(CN3CCOCC3)cn(N3CCN(C4CCC4)CC3)c2c1. The fourth-order valence-electron chi connectivity index (χ4n) is 4.57. The smallest absolute Gasteiger partial charge is 0.0704 e. The van der Waals surface area contributed by atoms with Gasteiger partial charge < -0.3 is 9.75 Å². The summed E-state index contributed by atoms with van der Waals surface area (Å²) in [5, 5.41) is 3.89. The van der Waals surface area contributed by atoms with Gasteiger partial charge in [0.25, 0.3) is 0 Å². The molecule has 5 rings (SSSR count). The molecule has 0 spiro atoms. The highest BCUT2D eigenvalue weighted by Gasteiger charge is 2.28. The number of ether oxygens (including phenoxy) is 1. The summed E-state index contributed by atoms with van der Waals surface area (Å²) in [5.41, 5.74) is 2.73. The molecule has 3 fully saturated rings. The third kappa shape index (κ3) is 3.13. The normalized spacial score (nSPS) is 23.5. The number of morpholine rings is 1. The molecule has 3 aliphatic rings. The molecule has 1 saturated carbocycles. The molecule has 2 aliphatic heterocycles. The van der Waals surface area contributed by atoms with E-state index in [1.54, 1.807) is 0 Å². The van der Waals surface area contributed by atoms with Crippen LogP contribution < -0.4 is 5.01 Å². The predicted octanol–water partition coefficient (Wildman–Crippen LogP) is 2.08. The number of hydrogen-bond acceptors (Lipinski definition) is 4. The average Bonchev–Trinajstić information content (AvgIpc) is 3.01. The summed E-state index contributed by atoms with van der Waals surface area (Å²) in [5.74, 6) is 0. The number of fused-ring (bicyclic) bond motifs is 1. The lowest BCUT2D eigenvalue weighted by Gasteiger charge is -2.43. The Labute approximate surface area is 156 Å². The summed E-state index contributed by atoms with van der Waals surface area (Å²) in [6.45, 7) is 9.42. The molecular weight excluding hydrogens is 324 g/mol. The lowest BCUT2D eigenvalue weighted by atomic mass is 9.91. The molecule has 5 heteroatoms. The van der Waals surface area contributed by atoms with Crippen molar-refractivity contribution >= 4 is 10.9 Å². The van der Waals surface area contributed by atoms with Crippen molar-refractivity contribution in [1.82, 2.24) is 14.5 Å². The van der Waals surface area contributed by atoms with Crippen LogP contribution in [0.1, 0.15) is 24.8 Å². The molecular formula is C21H29N4O. The molecule has 5 nitrogen and oxygen atoms in total. The van der Waals surface area contributed by atoms with Gasteiger partial charge >= 0.3 is 0 Å². The zero-order valence-corrected chi connectivity index (χ0v) is 15.6. The Morgan fingerprint density at radius 1 is 1.04 bits per heavy atom. The fraction of sp³-hybridized carbons (Fsp3) is 0.619. The predicted molar refractivity (Wildman–Crippen MR) is 104 cm³/mol. The van der Waals surface area contributed by atoms with E-state index < -0.39 is 0 Å². The van der Waals surface area contributed by atoms with Gasteiger partial charge in [-0.2, -0.15) is 0 Å². The Kier molecular flexibility index (Phi) is 4.61. The minimum absolute atomic E-state index is 0.857. The van der Waals surface area contributed by atoms with Crippen molar-refractivity contribution in [3.05, 3.63) is 36.0 Å². The molecule has 1 aliphatic carbocycles. The Morgan fingerprint density at radius 3 is 2.58 bits per heavy atom. The number of benzene rings is 1. The minimum atomic E-state index is 0.857. The third-order valence-corrected chi connectivity index (χ3v) is 6.40. The number of rotatable bonds is 4. The second-order valence-corrected chi connectivity index (χ2v) is 7.91. The molecule has 2 saturated heterocycles. The monoisotopic (exact) mass is 353 g/mol. The van der Waals surface area contributed by atoms with Crippen LogP contribution in [-0.2, 0) is 11.3 Å². The maximum Gasteiger partial charge on any atom is 0.0704 e. The molecule has 0 N–H and O–H groups in total. The third-order valence-electron chi connectivity index (χ3n) is 6.40. The van der Waals surface area contributed by atoms with E-state index in [-0.39, 0.29) is 0 Å². The first kappa shape index (κ1) is 16.6. The van der Waals surface area contributed by atoms with Crippen molar-refractivity contribution in [1.29, 1.82) is 0 Å². The van der Waals surface area contributed by atoms with E-state index >= 15 is 0 Å². The highest BCUT2D eigenvalue weighted by molar-refractivity contribution is 5.84. The molecule has 1 radical (unpaired) electrons. The van der Waals surface area contributed by atoms with E-state index in [0.717, 1.165) is 52.0 Å². The summed E-state index contributed by atoms with van der Waals surface area (Å²) in [6.07, 6.45) is 6.61. The molecule has 1 aromatic heterocycles. The Bertz CT molecular complexity index is 740. The molecule has 26 heavy (non-hydrogen) atoms. The molecule has 139 valence electrons. The van der Waals surface area contributed by atoms with Gasteiger partial charge in [0.2, 0.25) is 0 Å². The van der Waals surface area contributed by atoms with Gasteiger partial charge in [-0.15, -0.1) is 0 Å². The number of piperazine rings is 1. The van der Waals surface area contributed by atoms with Gasteiger partial charge in [-0.05, 0) is 30.5 Å². The maximum atomic E-state index is 5.50. The molecule has 0 unspecified atom stereocenters. The Morgan fingerprint density at radius 2 is 1.85 bits per heavy atom. The highest BCUT2D eigenvalue weighted by Crippen LogP contribution is 2.27. The van der Waals surface area contributed by atoms with Crippen LogP contribution in [0.15, 0.2) is 24.4 Å². The van der Waals surface area contributed by atoms with Crippen molar-refractivity contribution < 1.29 is 4.74 Å². The summed E-state index contributed by atoms with van der Waals surface area (Å²) in [6, 6.07) is 10.6. The molecule has 0 atom stereocenters. The van der Waals surface area contributed by atoms with Crippen LogP contribution in [0.2, 0.25) is 0 Å². The summed E-state index contributed by atoms with van der Waals surface area (Å²) in [4.78, 5) is 5.21. The maximum absolute atomic E-state index is 5.50. The van der Waals surface area contributed by atoms with Crippen LogP contribution in [0, 0.1) is 6.07 Å². The molecule has 2 aromatic rings.